The van der Waals surface area contributed by atoms with Gasteiger partial charge in [-0.2, -0.15) is 0 Å². The molecule has 1 saturated heterocycles. The number of benzene rings is 2. The first-order valence-corrected chi connectivity index (χ1v) is 9.75. The van der Waals surface area contributed by atoms with Gasteiger partial charge in [0, 0.05) is 31.9 Å². The molecule has 0 aromatic heterocycles. The molecule has 1 atom stereocenters. The number of nitrogens with one attached hydrogen (secondary N) is 1. The Morgan fingerprint density at radius 2 is 1.89 bits per heavy atom. The van der Waals surface area contributed by atoms with E-state index in [9.17, 15) is 9.18 Å². The van der Waals surface area contributed by atoms with Crippen molar-refractivity contribution in [1.29, 1.82) is 0 Å². The van der Waals surface area contributed by atoms with Gasteiger partial charge in [0.1, 0.15) is 5.82 Å². The quantitative estimate of drug-likeness (QED) is 0.869. The molecule has 4 rings (SSSR count). The SMILES string of the molecule is Cc1ccc(N2CCCN(C(=O)NC3CCc4ccc(F)cc43)CC2)cc1. The molecule has 1 heterocycles. The zero-order chi connectivity index (χ0) is 18.8. The van der Waals surface area contributed by atoms with Crippen LogP contribution in [0.1, 0.15) is 35.6 Å². The van der Waals surface area contributed by atoms with Crippen molar-refractivity contribution in [3.05, 3.63) is 65.0 Å². The fourth-order valence-electron chi connectivity index (χ4n) is 4.10. The smallest absolute Gasteiger partial charge is 0.317 e. The lowest BCUT2D eigenvalue weighted by molar-refractivity contribution is 0.197. The second-order valence-electron chi connectivity index (χ2n) is 7.55. The highest BCUT2D eigenvalue weighted by molar-refractivity contribution is 5.75. The molecule has 4 nitrogen and oxygen atoms in total. The Bertz CT molecular complexity index is 821. The molecule has 2 aliphatic rings. The van der Waals surface area contributed by atoms with Crippen LogP contribution in [0.15, 0.2) is 42.5 Å². The van der Waals surface area contributed by atoms with Crippen LogP contribution in [0.2, 0.25) is 0 Å². The molecule has 2 aromatic carbocycles. The van der Waals surface area contributed by atoms with Crippen molar-refractivity contribution in [3.63, 3.8) is 0 Å². The average molecular weight is 367 g/mol. The molecule has 1 N–H and O–H groups in total. The van der Waals surface area contributed by atoms with E-state index in [0.29, 0.717) is 6.54 Å². The zero-order valence-electron chi connectivity index (χ0n) is 15.7. The number of nitrogens with zero attached hydrogens (tertiary/aromatic N) is 2. The molecular formula is C22H26FN3O. The summed E-state index contributed by atoms with van der Waals surface area (Å²) < 4.78 is 13.6. The van der Waals surface area contributed by atoms with E-state index in [2.05, 4.69) is 41.4 Å². The number of rotatable bonds is 2. The van der Waals surface area contributed by atoms with Crippen molar-refractivity contribution in [2.75, 3.05) is 31.1 Å². The van der Waals surface area contributed by atoms with Crippen molar-refractivity contribution in [1.82, 2.24) is 10.2 Å². The Kier molecular flexibility index (Phi) is 5.01. The third-order valence-corrected chi connectivity index (χ3v) is 5.67. The highest BCUT2D eigenvalue weighted by Crippen LogP contribution is 2.31. The number of fused-ring (bicyclic) bond motifs is 1. The zero-order valence-corrected chi connectivity index (χ0v) is 15.7. The molecule has 27 heavy (non-hydrogen) atoms. The molecule has 1 fully saturated rings. The fraction of sp³-hybridized carbons (Fsp3) is 0.409. The number of hydrogen-bond donors (Lipinski definition) is 1. The summed E-state index contributed by atoms with van der Waals surface area (Å²) in [4.78, 5) is 17.0. The van der Waals surface area contributed by atoms with Crippen LogP contribution in [-0.4, -0.2) is 37.1 Å². The lowest BCUT2D eigenvalue weighted by Gasteiger charge is -2.25. The number of anilines is 1. The van der Waals surface area contributed by atoms with Crippen LogP contribution < -0.4 is 10.2 Å². The minimum absolute atomic E-state index is 0.0390. The molecule has 142 valence electrons. The molecule has 5 heteroatoms. The Hall–Kier alpha value is -2.56. The van der Waals surface area contributed by atoms with Gasteiger partial charge in [0.25, 0.3) is 0 Å². The largest absolute Gasteiger partial charge is 0.370 e. The molecule has 1 unspecified atom stereocenters. The molecule has 2 amide bonds. The van der Waals surface area contributed by atoms with Gasteiger partial charge in [0.05, 0.1) is 6.04 Å². The second kappa shape index (κ2) is 7.59. The molecule has 0 radical (unpaired) electrons. The first-order valence-electron chi connectivity index (χ1n) is 9.75. The Morgan fingerprint density at radius 3 is 2.70 bits per heavy atom. The molecular weight excluding hydrogens is 341 g/mol. The van der Waals surface area contributed by atoms with Gasteiger partial charge >= 0.3 is 6.03 Å². The number of aryl methyl sites for hydroxylation is 2. The van der Waals surface area contributed by atoms with Crippen LogP contribution in [0.4, 0.5) is 14.9 Å². The fourth-order valence-corrected chi connectivity index (χ4v) is 4.10. The number of carbonyl (C=O) groups is 1. The lowest BCUT2D eigenvalue weighted by Crippen LogP contribution is -2.43. The molecule has 0 bridgehead atoms. The minimum atomic E-state index is -0.238. The predicted molar refractivity (Wildman–Crippen MR) is 106 cm³/mol. The predicted octanol–water partition coefficient (Wildman–Crippen LogP) is 4.04. The van der Waals surface area contributed by atoms with Crippen LogP contribution in [0.25, 0.3) is 0 Å². The summed E-state index contributed by atoms with van der Waals surface area (Å²) in [6, 6.07) is 13.3. The molecule has 1 aliphatic carbocycles. The second-order valence-corrected chi connectivity index (χ2v) is 7.55. The molecule has 0 spiro atoms. The van der Waals surface area contributed by atoms with Crippen molar-refractivity contribution in [2.45, 2.75) is 32.2 Å². The summed E-state index contributed by atoms with van der Waals surface area (Å²) in [5.41, 5.74) is 4.54. The standard InChI is InChI=1S/C22H26FN3O/c1-16-3-8-19(9-4-16)25-11-2-12-26(14-13-25)22(27)24-21-10-6-17-5-7-18(23)15-20(17)21/h3-5,7-9,15,21H,2,6,10-14H2,1H3,(H,24,27). The van der Waals surface area contributed by atoms with Gasteiger partial charge in [0.15, 0.2) is 0 Å². The van der Waals surface area contributed by atoms with Crippen LogP contribution in [0.3, 0.4) is 0 Å². The summed E-state index contributed by atoms with van der Waals surface area (Å²) in [5.74, 6) is -0.238. The van der Waals surface area contributed by atoms with Crippen molar-refractivity contribution in [3.8, 4) is 0 Å². The van der Waals surface area contributed by atoms with E-state index in [1.807, 2.05) is 11.0 Å². The number of carbonyl (C=O) groups excluding carboxylic acids is 1. The number of urea groups is 1. The van der Waals surface area contributed by atoms with Crippen LogP contribution in [0, 0.1) is 12.7 Å². The Morgan fingerprint density at radius 1 is 1.07 bits per heavy atom. The van der Waals surface area contributed by atoms with E-state index < -0.39 is 0 Å². The van der Waals surface area contributed by atoms with E-state index in [0.717, 1.165) is 50.0 Å². The highest BCUT2D eigenvalue weighted by atomic mass is 19.1. The van der Waals surface area contributed by atoms with E-state index >= 15 is 0 Å². The average Bonchev–Trinajstić information content (AvgIpc) is 2.89. The summed E-state index contributed by atoms with van der Waals surface area (Å²) in [7, 11) is 0. The first kappa shape index (κ1) is 17.8. The minimum Gasteiger partial charge on any atom is -0.370 e. The van der Waals surface area contributed by atoms with Gasteiger partial charge in [-0.25, -0.2) is 9.18 Å². The van der Waals surface area contributed by atoms with Gasteiger partial charge in [-0.15, -0.1) is 0 Å². The summed E-state index contributed by atoms with van der Waals surface area (Å²) in [6.45, 7) is 5.31. The van der Waals surface area contributed by atoms with Crippen LogP contribution in [-0.2, 0) is 6.42 Å². The summed E-state index contributed by atoms with van der Waals surface area (Å²) >= 11 is 0. The third-order valence-electron chi connectivity index (χ3n) is 5.67. The van der Waals surface area contributed by atoms with Crippen molar-refractivity contribution < 1.29 is 9.18 Å². The maximum atomic E-state index is 13.6. The van der Waals surface area contributed by atoms with E-state index in [1.54, 1.807) is 6.07 Å². The third kappa shape index (κ3) is 3.92. The van der Waals surface area contributed by atoms with Gasteiger partial charge < -0.3 is 15.1 Å². The van der Waals surface area contributed by atoms with Gasteiger partial charge in [0.2, 0.25) is 0 Å². The van der Waals surface area contributed by atoms with E-state index in [-0.39, 0.29) is 17.9 Å². The van der Waals surface area contributed by atoms with Gasteiger partial charge in [-0.1, -0.05) is 23.8 Å². The topological polar surface area (TPSA) is 35.6 Å². The van der Waals surface area contributed by atoms with E-state index in [4.69, 9.17) is 0 Å². The van der Waals surface area contributed by atoms with E-state index in [1.165, 1.54) is 17.3 Å². The Labute approximate surface area is 160 Å². The van der Waals surface area contributed by atoms with Crippen LogP contribution in [0.5, 0.6) is 0 Å². The monoisotopic (exact) mass is 367 g/mol. The normalized spacial score (nSPS) is 19.6. The molecule has 0 saturated carbocycles. The Balaban J connectivity index is 1.38. The number of amides is 2. The summed E-state index contributed by atoms with van der Waals surface area (Å²) in [5, 5.41) is 3.12. The van der Waals surface area contributed by atoms with Crippen molar-refractivity contribution in [2.24, 2.45) is 0 Å². The van der Waals surface area contributed by atoms with Crippen molar-refractivity contribution >= 4 is 11.7 Å². The number of halogens is 1. The first-order chi connectivity index (χ1) is 13.1. The number of hydrogen-bond acceptors (Lipinski definition) is 2. The van der Waals surface area contributed by atoms with Crippen LogP contribution >= 0.6 is 0 Å². The maximum Gasteiger partial charge on any atom is 0.317 e. The maximum absolute atomic E-state index is 13.6. The lowest BCUT2D eigenvalue weighted by atomic mass is 10.1. The highest BCUT2D eigenvalue weighted by Gasteiger charge is 2.27. The van der Waals surface area contributed by atoms with Gasteiger partial charge in [-0.05, 0) is 61.6 Å². The molecule has 2 aromatic rings. The van der Waals surface area contributed by atoms with Gasteiger partial charge in [-0.3, -0.25) is 0 Å². The molecule has 1 aliphatic heterocycles. The summed E-state index contributed by atoms with van der Waals surface area (Å²) in [6.07, 6.45) is 2.67.